The number of anilines is 1. The van der Waals surface area contributed by atoms with Crippen LogP contribution in [0.5, 0.6) is 0 Å². The number of benzene rings is 1. The van der Waals surface area contributed by atoms with Crippen molar-refractivity contribution in [2.75, 3.05) is 11.9 Å². The Bertz CT molecular complexity index is 803. The Kier molecular flexibility index (Phi) is 4.93. The molecule has 0 saturated carbocycles. The van der Waals surface area contributed by atoms with E-state index in [1.807, 2.05) is 0 Å². The van der Waals surface area contributed by atoms with Gasteiger partial charge in [0.05, 0.1) is 6.61 Å². The van der Waals surface area contributed by atoms with Crippen molar-refractivity contribution in [1.82, 2.24) is 10.1 Å². The van der Waals surface area contributed by atoms with Crippen LogP contribution in [0.3, 0.4) is 0 Å². The Morgan fingerprint density at radius 2 is 2.04 bits per heavy atom. The molecule has 3 rings (SSSR count). The summed E-state index contributed by atoms with van der Waals surface area (Å²) in [6.07, 6.45) is 1.59. The molecule has 0 unspecified atom stereocenters. The first-order valence-corrected chi connectivity index (χ1v) is 7.21. The maximum Gasteiger partial charge on any atom is 0.251 e. The van der Waals surface area contributed by atoms with Gasteiger partial charge in [0.1, 0.15) is 23.9 Å². The SMILES string of the molecule is O=C(COCc1cc(-c2ccc(F)cc2)on1)Nc1ccccn1. The van der Waals surface area contributed by atoms with Crippen molar-refractivity contribution in [3.63, 3.8) is 0 Å². The van der Waals surface area contributed by atoms with Crippen molar-refractivity contribution in [2.24, 2.45) is 0 Å². The van der Waals surface area contributed by atoms with Gasteiger partial charge in [-0.2, -0.15) is 0 Å². The molecule has 0 aliphatic heterocycles. The maximum absolute atomic E-state index is 12.9. The van der Waals surface area contributed by atoms with Crippen LogP contribution in [0.1, 0.15) is 5.69 Å². The Balaban J connectivity index is 1.49. The average molecular weight is 327 g/mol. The summed E-state index contributed by atoms with van der Waals surface area (Å²) in [7, 11) is 0. The average Bonchev–Trinajstić information content (AvgIpc) is 3.05. The van der Waals surface area contributed by atoms with Gasteiger partial charge >= 0.3 is 0 Å². The Hall–Kier alpha value is -3.06. The van der Waals surface area contributed by atoms with E-state index in [0.29, 0.717) is 22.8 Å². The smallest absolute Gasteiger partial charge is 0.251 e. The molecular weight excluding hydrogens is 313 g/mol. The van der Waals surface area contributed by atoms with Crippen LogP contribution < -0.4 is 5.32 Å². The summed E-state index contributed by atoms with van der Waals surface area (Å²) in [6, 6.07) is 12.8. The lowest BCUT2D eigenvalue weighted by Gasteiger charge is -2.03. The summed E-state index contributed by atoms with van der Waals surface area (Å²) in [4.78, 5) is 15.7. The van der Waals surface area contributed by atoms with Crippen molar-refractivity contribution in [3.05, 3.63) is 66.2 Å². The number of hydrogen-bond acceptors (Lipinski definition) is 5. The molecule has 7 heteroatoms. The normalized spacial score (nSPS) is 10.5. The number of rotatable bonds is 6. The number of aromatic nitrogens is 2. The largest absolute Gasteiger partial charge is 0.365 e. The summed E-state index contributed by atoms with van der Waals surface area (Å²) in [5.41, 5.74) is 1.25. The van der Waals surface area contributed by atoms with Gasteiger partial charge in [0, 0.05) is 17.8 Å². The van der Waals surface area contributed by atoms with E-state index in [1.54, 1.807) is 42.6 Å². The molecule has 0 spiro atoms. The number of ether oxygens (including phenoxy) is 1. The number of carbonyl (C=O) groups excluding carboxylic acids is 1. The summed E-state index contributed by atoms with van der Waals surface area (Å²) in [5.74, 6) is 0.342. The fourth-order valence-corrected chi connectivity index (χ4v) is 1.99. The molecule has 1 N–H and O–H groups in total. The maximum atomic E-state index is 12.9. The third-order valence-corrected chi connectivity index (χ3v) is 3.10. The molecule has 3 aromatic rings. The highest BCUT2D eigenvalue weighted by molar-refractivity contribution is 5.90. The molecule has 0 fully saturated rings. The van der Waals surface area contributed by atoms with E-state index in [4.69, 9.17) is 9.26 Å². The quantitative estimate of drug-likeness (QED) is 0.753. The number of hydrogen-bond donors (Lipinski definition) is 1. The van der Waals surface area contributed by atoms with Gasteiger partial charge in [0.25, 0.3) is 5.91 Å². The van der Waals surface area contributed by atoms with Gasteiger partial charge in [-0.3, -0.25) is 4.79 Å². The van der Waals surface area contributed by atoms with Crippen LogP contribution in [0.4, 0.5) is 10.2 Å². The van der Waals surface area contributed by atoms with E-state index in [2.05, 4.69) is 15.5 Å². The number of carbonyl (C=O) groups is 1. The predicted molar refractivity (Wildman–Crippen MR) is 84.4 cm³/mol. The van der Waals surface area contributed by atoms with Crippen molar-refractivity contribution in [2.45, 2.75) is 6.61 Å². The van der Waals surface area contributed by atoms with E-state index in [1.165, 1.54) is 12.1 Å². The van der Waals surface area contributed by atoms with Crippen molar-refractivity contribution >= 4 is 11.7 Å². The first-order chi connectivity index (χ1) is 11.7. The van der Waals surface area contributed by atoms with Crippen LogP contribution in [0.2, 0.25) is 0 Å². The third kappa shape index (κ3) is 4.23. The second-order valence-electron chi connectivity index (χ2n) is 4.95. The van der Waals surface area contributed by atoms with Crippen LogP contribution in [0, 0.1) is 5.82 Å². The lowest BCUT2D eigenvalue weighted by atomic mass is 10.1. The van der Waals surface area contributed by atoms with Crippen LogP contribution in [0.15, 0.2) is 59.3 Å². The second-order valence-corrected chi connectivity index (χ2v) is 4.95. The van der Waals surface area contributed by atoms with Crippen LogP contribution in [-0.2, 0) is 16.1 Å². The topological polar surface area (TPSA) is 77.2 Å². The Morgan fingerprint density at radius 1 is 1.21 bits per heavy atom. The molecule has 1 aromatic carbocycles. The van der Waals surface area contributed by atoms with Gasteiger partial charge in [-0.25, -0.2) is 9.37 Å². The minimum absolute atomic E-state index is 0.125. The van der Waals surface area contributed by atoms with E-state index in [0.717, 1.165) is 0 Å². The molecule has 0 atom stereocenters. The zero-order chi connectivity index (χ0) is 16.8. The number of amides is 1. The van der Waals surface area contributed by atoms with Gasteiger partial charge in [-0.05, 0) is 36.4 Å². The minimum atomic E-state index is -0.319. The first kappa shape index (κ1) is 15.8. The highest BCUT2D eigenvalue weighted by Gasteiger charge is 2.08. The third-order valence-electron chi connectivity index (χ3n) is 3.10. The number of nitrogens with zero attached hydrogens (tertiary/aromatic N) is 2. The predicted octanol–water partition coefficient (Wildman–Crippen LogP) is 3.03. The molecular formula is C17H14FN3O3. The molecule has 6 nitrogen and oxygen atoms in total. The Morgan fingerprint density at radius 3 is 2.79 bits per heavy atom. The van der Waals surface area contributed by atoms with Gasteiger partial charge in [-0.15, -0.1) is 0 Å². The highest BCUT2D eigenvalue weighted by Crippen LogP contribution is 2.20. The summed E-state index contributed by atoms with van der Waals surface area (Å²) in [5, 5.41) is 6.47. The highest BCUT2D eigenvalue weighted by atomic mass is 19.1. The zero-order valence-corrected chi connectivity index (χ0v) is 12.6. The number of halogens is 1. The molecule has 1 amide bonds. The number of nitrogens with one attached hydrogen (secondary N) is 1. The standard InChI is InChI=1S/C17H14FN3O3/c18-13-6-4-12(5-7-13)15-9-14(21-24-15)10-23-11-17(22)20-16-3-1-2-8-19-16/h1-9H,10-11H2,(H,19,20,22). The van der Waals surface area contributed by atoms with E-state index >= 15 is 0 Å². The molecule has 2 heterocycles. The van der Waals surface area contributed by atoms with Crippen LogP contribution in [0.25, 0.3) is 11.3 Å². The fourth-order valence-electron chi connectivity index (χ4n) is 1.99. The molecule has 24 heavy (non-hydrogen) atoms. The molecule has 2 aromatic heterocycles. The fraction of sp³-hybridized carbons (Fsp3) is 0.118. The van der Waals surface area contributed by atoms with Crippen molar-refractivity contribution in [3.8, 4) is 11.3 Å². The molecule has 0 radical (unpaired) electrons. The molecule has 122 valence electrons. The van der Waals surface area contributed by atoms with E-state index < -0.39 is 0 Å². The lowest BCUT2D eigenvalue weighted by Crippen LogP contribution is -2.18. The lowest BCUT2D eigenvalue weighted by molar-refractivity contribution is -0.121. The number of pyridine rings is 1. The van der Waals surface area contributed by atoms with Crippen molar-refractivity contribution in [1.29, 1.82) is 0 Å². The molecule has 0 aliphatic carbocycles. The van der Waals surface area contributed by atoms with Gasteiger partial charge < -0.3 is 14.6 Å². The summed E-state index contributed by atoms with van der Waals surface area (Å²) in [6.45, 7) is -0.00432. The van der Waals surface area contributed by atoms with Gasteiger partial charge in [-0.1, -0.05) is 11.2 Å². The van der Waals surface area contributed by atoms with E-state index in [-0.39, 0.29) is 24.9 Å². The second kappa shape index (κ2) is 7.47. The van der Waals surface area contributed by atoms with Gasteiger partial charge in [0.2, 0.25) is 0 Å². The Labute approximate surface area is 137 Å². The summed E-state index contributed by atoms with van der Waals surface area (Å²) >= 11 is 0. The summed E-state index contributed by atoms with van der Waals surface area (Å²) < 4.78 is 23.4. The first-order valence-electron chi connectivity index (χ1n) is 7.21. The van der Waals surface area contributed by atoms with Crippen LogP contribution >= 0.6 is 0 Å². The van der Waals surface area contributed by atoms with E-state index in [9.17, 15) is 9.18 Å². The van der Waals surface area contributed by atoms with Crippen molar-refractivity contribution < 1.29 is 18.4 Å². The monoisotopic (exact) mass is 327 g/mol. The van der Waals surface area contributed by atoms with Gasteiger partial charge in [0.15, 0.2) is 5.76 Å². The molecule has 0 aliphatic rings. The zero-order valence-electron chi connectivity index (χ0n) is 12.6. The minimum Gasteiger partial charge on any atom is -0.365 e. The molecule has 0 saturated heterocycles. The van der Waals surface area contributed by atoms with Crippen LogP contribution in [-0.4, -0.2) is 22.7 Å². The molecule has 0 bridgehead atoms.